The monoisotopic (exact) mass is 342 g/mol. The van der Waals surface area contributed by atoms with E-state index in [9.17, 15) is 4.79 Å². The first-order chi connectivity index (χ1) is 12.0. The minimum Gasteiger partial charge on any atom is -0.385 e. The predicted molar refractivity (Wildman–Crippen MR) is 100 cm³/mol. The van der Waals surface area contributed by atoms with Gasteiger partial charge in [0.25, 0.3) is 5.91 Å². The predicted octanol–water partition coefficient (Wildman–Crippen LogP) is 3.61. The van der Waals surface area contributed by atoms with Crippen LogP contribution in [0.4, 0.5) is 11.5 Å². The number of carbonyl (C=O) groups is 1. The quantitative estimate of drug-likeness (QED) is 0.717. The highest BCUT2D eigenvalue weighted by Crippen LogP contribution is 2.18. The molecule has 0 unspecified atom stereocenters. The van der Waals surface area contributed by atoms with Crippen LogP contribution in [0.15, 0.2) is 30.3 Å². The summed E-state index contributed by atoms with van der Waals surface area (Å²) in [6.07, 6.45) is 0.864. The van der Waals surface area contributed by atoms with Gasteiger partial charge in [-0.1, -0.05) is 26.0 Å². The van der Waals surface area contributed by atoms with Gasteiger partial charge < -0.3 is 15.4 Å². The molecule has 1 aromatic carbocycles. The topological polar surface area (TPSA) is 76.1 Å². The van der Waals surface area contributed by atoms with Crippen LogP contribution in [0.2, 0.25) is 0 Å². The Kier molecular flexibility index (Phi) is 6.89. The Hall–Kier alpha value is -2.47. The van der Waals surface area contributed by atoms with Crippen molar-refractivity contribution in [1.29, 1.82) is 0 Å². The van der Waals surface area contributed by atoms with E-state index >= 15 is 0 Å². The highest BCUT2D eigenvalue weighted by Gasteiger charge is 2.11. The lowest BCUT2D eigenvalue weighted by Gasteiger charge is -2.10. The highest BCUT2D eigenvalue weighted by atomic mass is 16.5. The van der Waals surface area contributed by atoms with Gasteiger partial charge in [-0.25, -0.2) is 9.97 Å². The number of nitrogens with zero attached hydrogens (tertiary/aromatic N) is 2. The molecule has 6 nitrogen and oxygen atoms in total. The first-order valence-electron chi connectivity index (χ1n) is 8.49. The molecule has 0 fully saturated rings. The number of methoxy groups -OCH3 is 1. The Morgan fingerprint density at radius 2 is 1.92 bits per heavy atom. The average Bonchev–Trinajstić information content (AvgIpc) is 2.58. The lowest BCUT2D eigenvalue weighted by atomic mass is 10.0. The molecule has 2 N–H and O–H groups in total. The molecule has 1 aromatic heterocycles. The first kappa shape index (κ1) is 18.9. The van der Waals surface area contributed by atoms with Crippen molar-refractivity contribution in [3.05, 3.63) is 47.4 Å². The zero-order chi connectivity index (χ0) is 18.2. The van der Waals surface area contributed by atoms with E-state index in [1.807, 2.05) is 24.3 Å². The Bertz CT molecular complexity index is 699. The van der Waals surface area contributed by atoms with Gasteiger partial charge >= 0.3 is 0 Å². The highest BCUT2D eigenvalue weighted by molar-refractivity contribution is 6.03. The molecule has 0 spiro atoms. The standard InChI is InChI=1S/C19H26N4O2/c1-13(2)15-6-8-16(9-7-15)23-19(24)17-12-18(22-14(3)21-17)20-10-5-11-25-4/h6-9,12-13H,5,10-11H2,1-4H3,(H,23,24)(H,20,21,22). The minimum absolute atomic E-state index is 0.247. The van der Waals surface area contributed by atoms with Crippen molar-refractivity contribution < 1.29 is 9.53 Å². The molecule has 25 heavy (non-hydrogen) atoms. The molecule has 134 valence electrons. The van der Waals surface area contributed by atoms with Crippen molar-refractivity contribution in [3.63, 3.8) is 0 Å². The number of ether oxygens (including phenoxy) is 1. The Labute approximate surface area is 149 Å². The number of aryl methyl sites for hydroxylation is 1. The van der Waals surface area contributed by atoms with E-state index in [-0.39, 0.29) is 5.91 Å². The third kappa shape index (κ3) is 5.83. The van der Waals surface area contributed by atoms with Gasteiger partial charge in [0.15, 0.2) is 0 Å². The zero-order valence-corrected chi connectivity index (χ0v) is 15.3. The van der Waals surface area contributed by atoms with E-state index in [1.165, 1.54) is 5.56 Å². The van der Waals surface area contributed by atoms with E-state index in [0.29, 0.717) is 29.9 Å². The molecule has 0 radical (unpaired) electrons. The number of rotatable bonds is 8. The number of nitrogens with one attached hydrogen (secondary N) is 2. The Morgan fingerprint density at radius 1 is 1.20 bits per heavy atom. The number of carbonyl (C=O) groups excluding carboxylic acids is 1. The van der Waals surface area contributed by atoms with Gasteiger partial charge in [0, 0.05) is 32.0 Å². The minimum atomic E-state index is -0.247. The largest absolute Gasteiger partial charge is 0.385 e. The molecule has 0 aliphatic heterocycles. The maximum absolute atomic E-state index is 12.5. The molecular weight excluding hydrogens is 316 g/mol. The SMILES string of the molecule is COCCCNc1cc(C(=O)Nc2ccc(C(C)C)cc2)nc(C)n1. The van der Waals surface area contributed by atoms with Gasteiger partial charge in [0.1, 0.15) is 17.3 Å². The van der Waals surface area contributed by atoms with Crippen LogP contribution in [0.25, 0.3) is 0 Å². The van der Waals surface area contributed by atoms with Crippen LogP contribution in [-0.2, 0) is 4.74 Å². The second-order valence-electron chi connectivity index (χ2n) is 6.19. The number of anilines is 2. The third-order valence-electron chi connectivity index (χ3n) is 3.74. The van der Waals surface area contributed by atoms with E-state index in [0.717, 1.165) is 18.7 Å². The van der Waals surface area contributed by atoms with Gasteiger partial charge in [0.05, 0.1) is 0 Å². The summed E-state index contributed by atoms with van der Waals surface area (Å²) in [5.41, 5.74) is 2.33. The van der Waals surface area contributed by atoms with Gasteiger partial charge in [-0.2, -0.15) is 0 Å². The maximum Gasteiger partial charge on any atom is 0.274 e. The summed E-state index contributed by atoms with van der Waals surface area (Å²) in [6, 6.07) is 9.52. The third-order valence-corrected chi connectivity index (χ3v) is 3.74. The molecule has 0 aliphatic rings. The molecule has 0 aliphatic carbocycles. The van der Waals surface area contributed by atoms with Crippen LogP contribution >= 0.6 is 0 Å². The lowest BCUT2D eigenvalue weighted by molar-refractivity contribution is 0.102. The summed E-state index contributed by atoms with van der Waals surface area (Å²) in [5.74, 6) is 1.41. The summed E-state index contributed by atoms with van der Waals surface area (Å²) < 4.78 is 5.02. The second kappa shape index (κ2) is 9.13. The van der Waals surface area contributed by atoms with E-state index in [1.54, 1.807) is 20.1 Å². The van der Waals surface area contributed by atoms with Gasteiger partial charge in [-0.05, 0) is 37.0 Å². The summed E-state index contributed by atoms with van der Waals surface area (Å²) >= 11 is 0. The summed E-state index contributed by atoms with van der Waals surface area (Å²) in [7, 11) is 1.67. The fraction of sp³-hybridized carbons (Fsp3) is 0.421. The van der Waals surface area contributed by atoms with Gasteiger partial charge in [0.2, 0.25) is 0 Å². The van der Waals surface area contributed by atoms with Crippen molar-refractivity contribution in [2.24, 2.45) is 0 Å². The van der Waals surface area contributed by atoms with Crippen molar-refractivity contribution in [3.8, 4) is 0 Å². The second-order valence-corrected chi connectivity index (χ2v) is 6.19. The van der Waals surface area contributed by atoms with Crippen LogP contribution in [0.5, 0.6) is 0 Å². The molecule has 1 heterocycles. The first-order valence-corrected chi connectivity index (χ1v) is 8.49. The molecule has 2 aromatic rings. The van der Waals surface area contributed by atoms with Crippen LogP contribution < -0.4 is 10.6 Å². The summed E-state index contributed by atoms with van der Waals surface area (Å²) in [6.45, 7) is 7.45. The number of aromatic nitrogens is 2. The number of hydrogen-bond donors (Lipinski definition) is 2. The number of hydrogen-bond acceptors (Lipinski definition) is 5. The van der Waals surface area contributed by atoms with Crippen molar-refractivity contribution in [1.82, 2.24) is 9.97 Å². The Morgan fingerprint density at radius 3 is 2.56 bits per heavy atom. The van der Waals surface area contributed by atoms with Crippen molar-refractivity contribution in [2.75, 3.05) is 30.9 Å². The lowest BCUT2D eigenvalue weighted by Crippen LogP contribution is -2.16. The van der Waals surface area contributed by atoms with E-state index in [4.69, 9.17) is 4.74 Å². The molecule has 6 heteroatoms. The van der Waals surface area contributed by atoms with Gasteiger partial charge in [-0.3, -0.25) is 4.79 Å². The molecule has 1 amide bonds. The van der Waals surface area contributed by atoms with E-state index in [2.05, 4.69) is 34.4 Å². The molecule has 0 saturated carbocycles. The normalized spacial score (nSPS) is 10.8. The zero-order valence-electron chi connectivity index (χ0n) is 15.3. The van der Waals surface area contributed by atoms with Crippen molar-refractivity contribution in [2.45, 2.75) is 33.1 Å². The molecule has 2 rings (SSSR count). The Balaban J connectivity index is 2.04. The number of amides is 1. The van der Waals surface area contributed by atoms with Crippen LogP contribution in [0, 0.1) is 6.92 Å². The molecule has 0 atom stereocenters. The molecular formula is C19H26N4O2. The fourth-order valence-corrected chi connectivity index (χ4v) is 2.35. The van der Waals surface area contributed by atoms with Crippen LogP contribution in [0.3, 0.4) is 0 Å². The maximum atomic E-state index is 12.5. The average molecular weight is 342 g/mol. The van der Waals surface area contributed by atoms with E-state index < -0.39 is 0 Å². The summed E-state index contributed by atoms with van der Waals surface area (Å²) in [4.78, 5) is 21.0. The van der Waals surface area contributed by atoms with Crippen LogP contribution in [0.1, 0.15) is 48.1 Å². The van der Waals surface area contributed by atoms with Gasteiger partial charge in [-0.15, -0.1) is 0 Å². The molecule has 0 bridgehead atoms. The number of benzene rings is 1. The summed E-state index contributed by atoms with van der Waals surface area (Å²) in [5, 5.41) is 6.07. The van der Waals surface area contributed by atoms with Crippen LogP contribution in [-0.4, -0.2) is 36.1 Å². The van der Waals surface area contributed by atoms with Crippen molar-refractivity contribution >= 4 is 17.4 Å². The molecule has 0 saturated heterocycles. The fourth-order valence-electron chi connectivity index (χ4n) is 2.35. The smallest absolute Gasteiger partial charge is 0.274 e.